The predicted octanol–water partition coefficient (Wildman–Crippen LogP) is 1.61. The predicted molar refractivity (Wildman–Crippen MR) is 74.3 cm³/mol. The van der Waals surface area contributed by atoms with E-state index < -0.39 is 15.8 Å². The van der Waals surface area contributed by atoms with Crippen LogP contribution in [-0.4, -0.2) is 37.3 Å². The molecule has 1 fully saturated rings. The van der Waals surface area contributed by atoms with Gasteiger partial charge in [0, 0.05) is 13.1 Å². The molecule has 1 unspecified atom stereocenters. The Morgan fingerprint density at radius 1 is 1.45 bits per heavy atom. The second-order valence-electron chi connectivity index (χ2n) is 5.08. The summed E-state index contributed by atoms with van der Waals surface area (Å²) in [7, 11) is -3.07. The first-order valence-electron chi connectivity index (χ1n) is 6.65. The van der Waals surface area contributed by atoms with E-state index in [0.29, 0.717) is 25.1 Å². The molecule has 6 heteroatoms. The Labute approximate surface area is 118 Å². The monoisotopic (exact) mass is 299 g/mol. The summed E-state index contributed by atoms with van der Waals surface area (Å²) in [5.41, 5.74) is 0.709. The normalized spacial score (nSPS) is 20.8. The molecule has 20 heavy (non-hydrogen) atoms. The van der Waals surface area contributed by atoms with Crippen LogP contribution in [0.5, 0.6) is 0 Å². The maximum Gasteiger partial charge on any atom is 0.227 e. The molecule has 1 aliphatic rings. The molecule has 0 saturated carbocycles. The Balaban J connectivity index is 2.07. The molecule has 0 radical (unpaired) electrons. The molecule has 0 N–H and O–H groups in total. The number of carbonyl (C=O) groups excluding carboxylic acids is 1. The van der Waals surface area contributed by atoms with Gasteiger partial charge in [-0.2, -0.15) is 0 Å². The van der Waals surface area contributed by atoms with Crippen molar-refractivity contribution in [2.45, 2.75) is 19.9 Å². The highest BCUT2D eigenvalue weighted by Gasteiger charge is 2.34. The minimum absolute atomic E-state index is 0.0640. The highest BCUT2D eigenvalue weighted by atomic mass is 32.2. The molecular formula is C14H18FNO3S. The summed E-state index contributed by atoms with van der Waals surface area (Å²) in [6.07, 6.45) is 0.390. The van der Waals surface area contributed by atoms with E-state index in [4.69, 9.17) is 0 Å². The Hall–Kier alpha value is -1.43. The first kappa shape index (κ1) is 15.0. The number of sulfone groups is 1. The summed E-state index contributed by atoms with van der Waals surface area (Å²) in [6.45, 7) is 2.62. The van der Waals surface area contributed by atoms with Crippen LogP contribution in [-0.2, 0) is 21.2 Å². The fraction of sp³-hybridized carbons (Fsp3) is 0.500. The van der Waals surface area contributed by atoms with Crippen molar-refractivity contribution in [1.82, 2.24) is 4.90 Å². The third kappa shape index (κ3) is 3.56. The van der Waals surface area contributed by atoms with Crippen molar-refractivity contribution >= 4 is 15.7 Å². The molecule has 1 aliphatic heterocycles. The summed E-state index contributed by atoms with van der Waals surface area (Å²) >= 11 is 0. The molecule has 1 saturated heterocycles. The van der Waals surface area contributed by atoms with E-state index in [1.54, 1.807) is 17.0 Å². The lowest BCUT2D eigenvalue weighted by Crippen LogP contribution is -2.36. The van der Waals surface area contributed by atoms with Crippen molar-refractivity contribution in [3.8, 4) is 0 Å². The molecule has 0 spiro atoms. The van der Waals surface area contributed by atoms with E-state index in [0.717, 1.165) is 0 Å². The highest BCUT2D eigenvalue weighted by Crippen LogP contribution is 2.21. The molecule has 0 aliphatic carbocycles. The van der Waals surface area contributed by atoms with Gasteiger partial charge >= 0.3 is 0 Å². The number of rotatable bonds is 4. The molecular weight excluding hydrogens is 281 g/mol. The van der Waals surface area contributed by atoms with Crippen molar-refractivity contribution in [3.05, 3.63) is 35.6 Å². The van der Waals surface area contributed by atoms with E-state index >= 15 is 0 Å². The van der Waals surface area contributed by atoms with E-state index in [2.05, 4.69) is 0 Å². The average Bonchev–Trinajstić information content (AvgIpc) is 2.75. The first-order chi connectivity index (χ1) is 9.41. The number of amides is 1. The first-order valence-corrected chi connectivity index (χ1v) is 8.47. The van der Waals surface area contributed by atoms with E-state index in [-0.39, 0.29) is 23.2 Å². The topological polar surface area (TPSA) is 54.5 Å². The average molecular weight is 299 g/mol. The van der Waals surface area contributed by atoms with Crippen molar-refractivity contribution in [2.24, 2.45) is 5.92 Å². The van der Waals surface area contributed by atoms with Gasteiger partial charge in [0.05, 0.1) is 17.4 Å². The second-order valence-corrected chi connectivity index (χ2v) is 7.31. The van der Waals surface area contributed by atoms with E-state index in [1.807, 2.05) is 6.92 Å². The summed E-state index contributed by atoms with van der Waals surface area (Å²) in [6, 6.07) is 6.10. The van der Waals surface area contributed by atoms with Crippen LogP contribution in [0.15, 0.2) is 24.3 Å². The quantitative estimate of drug-likeness (QED) is 0.849. The number of hydrogen-bond donors (Lipinski definition) is 0. The molecule has 0 aromatic heterocycles. The van der Waals surface area contributed by atoms with E-state index in [1.165, 1.54) is 12.1 Å². The lowest BCUT2D eigenvalue weighted by molar-refractivity contribution is -0.135. The minimum Gasteiger partial charge on any atom is -0.338 e. The molecule has 1 aromatic carbocycles. The van der Waals surface area contributed by atoms with Crippen LogP contribution >= 0.6 is 0 Å². The van der Waals surface area contributed by atoms with Crippen LogP contribution in [0.1, 0.15) is 18.9 Å². The summed E-state index contributed by atoms with van der Waals surface area (Å²) < 4.78 is 36.0. The largest absolute Gasteiger partial charge is 0.338 e. The second kappa shape index (κ2) is 5.91. The van der Waals surface area contributed by atoms with Gasteiger partial charge in [0.1, 0.15) is 5.82 Å². The number of nitrogens with zero attached hydrogens (tertiary/aromatic N) is 1. The van der Waals surface area contributed by atoms with Crippen LogP contribution in [0.2, 0.25) is 0 Å². The summed E-state index contributed by atoms with van der Waals surface area (Å²) in [5.74, 6) is -0.923. The van der Waals surface area contributed by atoms with Crippen molar-refractivity contribution in [3.63, 3.8) is 0 Å². The number of hydrogen-bond acceptors (Lipinski definition) is 3. The minimum atomic E-state index is -3.07. The van der Waals surface area contributed by atoms with Gasteiger partial charge in [-0.25, -0.2) is 12.8 Å². The summed E-state index contributed by atoms with van der Waals surface area (Å²) in [5, 5.41) is 0. The number of benzene rings is 1. The molecule has 1 amide bonds. The zero-order valence-electron chi connectivity index (χ0n) is 11.4. The highest BCUT2D eigenvalue weighted by molar-refractivity contribution is 7.91. The number of halogens is 1. The Bertz CT molecular complexity index is 600. The van der Waals surface area contributed by atoms with Crippen LogP contribution < -0.4 is 0 Å². The third-order valence-corrected chi connectivity index (χ3v) is 5.31. The number of carbonyl (C=O) groups is 1. The fourth-order valence-corrected chi connectivity index (χ4v) is 4.18. The van der Waals surface area contributed by atoms with Gasteiger partial charge in [-0.15, -0.1) is 0 Å². The maximum atomic E-state index is 13.1. The fourth-order valence-electron chi connectivity index (χ4n) is 2.45. The van der Waals surface area contributed by atoms with Crippen LogP contribution in [0.4, 0.5) is 4.39 Å². The zero-order chi connectivity index (χ0) is 14.8. The molecule has 0 bridgehead atoms. The van der Waals surface area contributed by atoms with E-state index in [9.17, 15) is 17.6 Å². The Morgan fingerprint density at radius 2 is 2.20 bits per heavy atom. The smallest absolute Gasteiger partial charge is 0.227 e. The third-order valence-electron chi connectivity index (χ3n) is 3.54. The van der Waals surface area contributed by atoms with Gasteiger partial charge in [-0.05, 0) is 31.0 Å². The lowest BCUT2D eigenvalue weighted by Gasteiger charge is -2.23. The van der Waals surface area contributed by atoms with Crippen molar-refractivity contribution < 1.29 is 17.6 Å². The van der Waals surface area contributed by atoms with Gasteiger partial charge in [-0.3, -0.25) is 4.79 Å². The Morgan fingerprint density at radius 3 is 2.75 bits per heavy atom. The molecule has 2 rings (SSSR count). The Kier molecular flexibility index (Phi) is 4.42. The van der Waals surface area contributed by atoms with Crippen molar-refractivity contribution in [1.29, 1.82) is 0 Å². The van der Waals surface area contributed by atoms with Gasteiger partial charge in [-0.1, -0.05) is 12.1 Å². The maximum absolute atomic E-state index is 13.1. The van der Waals surface area contributed by atoms with Gasteiger partial charge < -0.3 is 4.90 Å². The van der Waals surface area contributed by atoms with Crippen molar-refractivity contribution in [2.75, 3.05) is 18.1 Å². The van der Waals surface area contributed by atoms with Crippen LogP contribution in [0.25, 0.3) is 0 Å². The standard InChI is InChI=1S/C14H18FNO3S/c1-2-16(9-11-4-3-5-13(15)8-11)14(17)12-6-7-20(18,19)10-12/h3-5,8,12H,2,6-7,9-10H2,1H3. The van der Waals surface area contributed by atoms with Gasteiger partial charge in [0.25, 0.3) is 0 Å². The SMILES string of the molecule is CCN(Cc1cccc(F)c1)C(=O)C1CCS(=O)(=O)C1. The molecule has 4 nitrogen and oxygen atoms in total. The lowest BCUT2D eigenvalue weighted by atomic mass is 10.1. The van der Waals surface area contributed by atoms with Gasteiger partial charge in [0.15, 0.2) is 9.84 Å². The molecule has 1 atom stereocenters. The zero-order valence-corrected chi connectivity index (χ0v) is 12.2. The molecule has 1 heterocycles. The van der Waals surface area contributed by atoms with Crippen LogP contribution in [0.3, 0.4) is 0 Å². The molecule has 110 valence electrons. The summed E-state index contributed by atoms with van der Waals surface area (Å²) in [4.78, 5) is 13.9. The van der Waals surface area contributed by atoms with Gasteiger partial charge in [0.2, 0.25) is 5.91 Å². The molecule has 1 aromatic rings. The van der Waals surface area contributed by atoms with Crippen LogP contribution in [0, 0.1) is 11.7 Å².